The first-order valence-corrected chi connectivity index (χ1v) is 17.0. The monoisotopic (exact) mass is 642 g/mol. The number of aryl methyl sites for hydroxylation is 3. The molecule has 254 valence electrons. The summed E-state index contributed by atoms with van der Waals surface area (Å²) >= 11 is 0. The van der Waals surface area contributed by atoms with E-state index in [0.29, 0.717) is 11.3 Å². The minimum atomic E-state index is -1.13. The number of benzene rings is 1. The average Bonchev–Trinajstić information content (AvgIpc) is 2.93. The molecule has 1 atom stereocenters. The van der Waals surface area contributed by atoms with Crippen molar-refractivity contribution in [1.82, 2.24) is 15.0 Å². The molecule has 9 heteroatoms. The minimum absolute atomic E-state index is 0.0988. The molecule has 0 radical (unpaired) electrons. The van der Waals surface area contributed by atoms with Crippen LogP contribution in [0.4, 0.5) is 17.3 Å². The first-order chi connectivity index (χ1) is 21.8. The summed E-state index contributed by atoms with van der Waals surface area (Å²) < 4.78 is 6.27. The lowest BCUT2D eigenvalue weighted by Crippen LogP contribution is -2.39. The summed E-state index contributed by atoms with van der Waals surface area (Å²) in [5, 5.41) is 14.0. The Kier molecular flexibility index (Phi) is 9.36. The van der Waals surface area contributed by atoms with Gasteiger partial charge in [-0.3, -0.25) is 4.98 Å². The zero-order valence-electron chi connectivity index (χ0n) is 30.3. The molecule has 0 amide bonds. The number of fused-ring (bicyclic) bond motifs is 1. The number of pyridine rings is 1. The molecule has 0 aliphatic carbocycles. The number of nitrogens with one attached hydrogen (secondary N) is 1. The van der Waals surface area contributed by atoms with Gasteiger partial charge >= 0.3 is 5.97 Å². The number of hydrogen-bond acceptors (Lipinski definition) is 8. The van der Waals surface area contributed by atoms with Crippen LogP contribution in [0.5, 0.6) is 0 Å². The van der Waals surface area contributed by atoms with E-state index in [4.69, 9.17) is 14.7 Å². The highest BCUT2D eigenvalue weighted by atomic mass is 16.5. The molecule has 1 aromatic carbocycles. The van der Waals surface area contributed by atoms with Crippen molar-refractivity contribution in [2.75, 3.05) is 34.8 Å². The molecule has 0 unspecified atom stereocenters. The zero-order chi connectivity index (χ0) is 34.5. The predicted molar refractivity (Wildman–Crippen MR) is 190 cm³/mol. The predicted octanol–water partition coefficient (Wildman–Crippen LogP) is 7.80. The maximum atomic E-state index is 12.9. The molecule has 0 spiro atoms. The Balaban J connectivity index is 1.57. The first kappa shape index (κ1) is 34.6. The highest BCUT2D eigenvalue weighted by molar-refractivity contribution is 5.88. The number of carboxylic acids is 1. The molecule has 2 aliphatic heterocycles. The van der Waals surface area contributed by atoms with E-state index in [1.54, 1.807) is 0 Å². The number of anilines is 3. The van der Waals surface area contributed by atoms with E-state index in [-0.39, 0.29) is 11.0 Å². The quantitative estimate of drug-likeness (QED) is 0.267. The smallest absolute Gasteiger partial charge is 0.337 e. The first-order valence-electron chi connectivity index (χ1n) is 17.0. The van der Waals surface area contributed by atoms with Gasteiger partial charge in [0.1, 0.15) is 17.5 Å². The van der Waals surface area contributed by atoms with Crippen LogP contribution in [0, 0.1) is 26.2 Å². The summed E-state index contributed by atoms with van der Waals surface area (Å²) in [5.41, 5.74) is 7.35. The van der Waals surface area contributed by atoms with Gasteiger partial charge in [0.05, 0.1) is 11.3 Å². The van der Waals surface area contributed by atoms with Gasteiger partial charge in [0.2, 0.25) is 0 Å². The Labute approximate surface area is 281 Å². The number of hydrogen-bond donors (Lipinski definition) is 2. The fourth-order valence-electron chi connectivity index (χ4n) is 6.82. The normalized spacial score (nSPS) is 17.3. The van der Waals surface area contributed by atoms with Crippen molar-refractivity contribution >= 4 is 23.3 Å². The second-order valence-electron chi connectivity index (χ2n) is 16.2. The van der Waals surface area contributed by atoms with Gasteiger partial charge < -0.3 is 25.0 Å². The van der Waals surface area contributed by atoms with Crippen molar-refractivity contribution in [2.45, 2.75) is 119 Å². The van der Waals surface area contributed by atoms with Crippen LogP contribution in [0.3, 0.4) is 0 Å². The topological polar surface area (TPSA) is 104 Å². The standard InChI is InChI=1S/C38H54N6O3/c1-23-31(33(43-18-15-38(10,11)16-19-43)32(24(2)39-23)34(35(45)46)47-37(7,8)9)27-12-13-28-22-44(17-14-26(28)20-27)30-21-29(40-25(3)41-30)42-36(4,5)6/h12-13,20-21,34H,14-19,22H2,1-11H3,(H,45,46)(H,40,41,42)/t34-/m0/s1. The third-order valence-electron chi connectivity index (χ3n) is 9.13. The summed E-state index contributed by atoms with van der Waals surface area (Å²) in [5.74, 6) is 1.51. The van der Waals surface area contributed by atoms with Crippen LogP contribution in [-0.4, -0.2) is 56.8 Å². The van der Waals surface area contributed by atoms with Gasteiger partial charge in [-0.15, -0.1) is 0 Å². The van der Waals surface area contributed by atoms with E-state index in [2.05, 4.69) is 72.9 Å². The fourth-order valence-corrected chi connectivity index (χ4v) is 6.82. The van der Waals surface area contributed by atoms with Crippen LogP contribution in [0.25, 0.3) is 11.1 Å². The average molecular weight is 643 g/mol. The molecule has 3 aromatic rings. The Hall–Kier alpha value is -3.72. The largest absolute Gasteiger partial charge is 0.479 e. The lowest BCUT2D eigenvalue weighted by atomic mass is 9.81. The number of ether oxygens (including phenoxy) is 1. The van der Waals surface area contributed by atoms with E-state index in [9.17, 15) is 9.90 Å². The van der Waals surface area contributed by atoms with E-state index < -0.39 is 17.7 Å². The lowest BCUT2D eigenvalue weighted by Gasteiger charge is -2.41. The molecule has 1 fully saturated rings. The number of nitrogens with zero attached hydrogens (tertiary/aromatic N) is 5. The van der Waals surface area contributed by atoms with Crippen molar-refractivity contribution in [2.24, 2.45) is 5.41 Å². The molecular weight excluding hydrogens is 588 g/mol. The third-order valence-corrected chi connectivity index (χ3v) is 9.13. The van der Waals surface area contributed by atoms with Crippen LogP contribution in [0.15, 0.2) is 24.3 Å². The van der Waals surface area contributed by atoms with Crippen LogP contribution in [0.1, 0.15) is 108 Å². The van der Waals surface area contributed by atoms with E-state index >= 15 is 0 Å². The minimum Gasteiger partial charge on any atom is -0.479 e. The van der Waals surface area contributed by atoms with Crippen LogP contribution in [-0.2, 0) is 22.5 Å². The molecule has 0 bridgehead atoms. The number of aromatic nitrogens is 3. The van der Waals surface area contributed by atoms with Gasteiger partial charge in [-0.1, -0.05) is 32.0 Å². The fraction of sp³-hybridized carbons (Fsp3) is 0.579. The van der Waals surface area contributed by atoms with Crippen molar-refractivity contribution in [1.29, 1.82) is 0 Å². The molecule has 0 saturated carbocycles. The van der Waals surface area contributed by atoms with Gasteiger partial charge in [-0.25, -0.2) is 14.8 Å². The SMILES string of the molecule is Cc1nc(NC(C)(C)C)cc(N2CCc3cc(-c4c(C)nc(C)c([C@H](OC(C)(C)C)C(=O)O)c4N4CCC(C)(C)CC4)ccc3C2)n1. The molecule has 2 N–H and O–H groups in total. The van der Waals surface area contributed by atoms with Gasteiger partial charge in [0.25, 0.3) is 0 Å². The van der Waals surface area contributed by atoms with Crippen molar-refractivity contribution < 1.29 is 14.6 Å². The Morgan fingerprint density at radius 3 is 2.21 bits per heavy atom. The van der Waals surface area contributed by atoms with E-state index in [0.717, 1.165) is 85.4 Å². The number of aliphatic carboxylic acids is 1. The highest BCUT2D eigenvalue weighted by Gasteiger charge is 2.36. The highest BCUT2D eigenvalue weighted by Crippen LogP contribution is 2.45. The molecule has 1 saturated heterocycles. The molecule has 2 aromatic heterocycles. The summed E-state index contributed by atoms with van der Waals surface area (Å²) in [6, 6.07) is 8.75. The number of carbonyl (C=O) groups is 1. The number of piperidine rings is 1. The van der Waals surface area contributed by atoms with Crippen LogP contribution < -0.4 is 15.1 Å². The van der Waals surface area contributed by atoms with Crippen LogP contribution in [0.2, 0.25) is 0 Å². The number of carboxylic acid groups (broad SMARTS) is 1. The van der Waals surface area contributed by atoms with Gasteiger partial charge in [-0.05, 0) is 104 Å². The van der Waals surface area contributed by atoms with Crippen molar-refractivity contribution in [3.05, 3.63) is 58.2 Å². The molecule has 9 nitrogen and oxygen atoms in total. The maximum absolute atomic E-state index is 12.9. The zero-order valence-corrected chi connectivity index (χ0v) is 30.3. The molecule has 47 heavy (non-hydrogen) atoms. The summed E-state index contributed by atoms with van der Waals surface area (Å²) in [4.78, 5) is 32.0. The summed E-state index contributed by atoms with van der Waals surface area (Å²) in [6.45, 7) is 25.9. The maximum Gasteiger partial charge on any atom is 0.337 e. The van der Waals surface area contributed by atoms with Crippen molar-refractivity contribution in [3.8, 4) is 11.1 Å². The van der Waals surface area contributed by atoms with E-state index in [1.165, 1.54) is 11.1 Å². The Morgan fingerprint density at radius 2 is 1.60 bits per heavy atom. The van der Waals surface area contributed by atoms with Gasteiger partial charge in [-0.2, -0.15) is 0 Å². The number of rotatable bonds is 7. The van der Waals surface area contributed by atoms with Crippen LogP contribution >= 0.6 is 0 Å². The second-order valence-corrected chi connectivity index (χ2v) is 16.2. The lowest BCUT2D eigenvalue weighted by molar-refractivity contribution is -0.160. The van der Waals surface area contributed by atoms with Gasteiger partial charge in [0.15, 0.2) is 6.10 Å². The molecule has 4 heterocycles. The summed E-state index contributed by atoms with van der Waals surface area (Å²) in [7, 11) is 0. The molecule has 2 aliphatic rings. The summed E-state index contributed by atoms with van der Waals surface area (Å²) in [6.07, 6.45) is 1.80. The molecule has 5 rings (SSSR count). The third kappa shape index (κ3) is 8.06. The van der Waals surface area contributed by atoms with Crippen molar-refractivity contribution in [3.63, 3.8) is 0 Å². The Bertz CT molecular complexity index is 1640. The van der Waals surface area contributed by atoms with E-state index in [1.807, 2.05) is 47.6 Å². The second kappa shape index (κ2) is 12.7. The Morgan fingerprint density at radius 1 is 0.915 bits per heavy atom. The van der Waals surface area contributed by atoms with Gasteiger partial charge in [0, 0.05) is 60.3 Å². The molecular formula is C38H54N6O3.